The SMILES string of the molecule is CCOC([SiH3])(CCC=NC1CCCCC1)OCC. The van der Waals surface area contributed by atoms with Gasteiger partial charge in [0.2, 0.25) is 0 Å². The molecule has 0 aromatic carbocycles. The highest BCUT2D eigenvalue weighted by Gasteiger charge is 2.23. The van der Waals surface area contributed by atoms with E-state index in [0.29, 0.717) is 6.04 Å². The Morgan fingerprint density at radius 1 is 1.17 bits per heavy atom. The summed E-state index contributed by atoms with van der Waals surface area (Å²) < 4.78 is 11.5. The van der Waals surface area contributed by atoms with Crippen molar-refractivity contribution in [3.8, 4) is 0 Å². The van der Waals surface area contributed by atoms with Crippen LogP contribution >= 0.6 is 0 Å². The zero-order chi connectivity index (χ0) is 13.3. The molecule has 0 atom stereocenters. The van der Waals surface area contributed by atoms with Gasteiger partial charge < -0.3 is 9.47 Å². The zero-order valence-electron chi connectivity index (χ0n) is 12.3. The monoisotopic (exact) mass is 271 g/mol. The van der Waals surface area contributed by atoms with Crippen molar-refractivity contribution in [2.24, 2.45) is 4.99 Å². The van der Waals surface area contributed by atoms with E-state index in [1.807, 2.05) is 13.8 Å². The lowest BCUT2D eigenvalue weighted by molar-refractivity contribution is -0.175. The fourth-order valence-electron chi connectivity index (χ4n) is 2.58. The Bertz CT molecular complexity index is 234. The number of rotatable bonds is 8. The molecule has 1 aliphatic rings. The van der Waals surface area contributed by atoms with Gasteiger partial charge in [-0.3, -0.25) is 4.99 Å². The first-order valence-electron chi connectivity index (χ1n) is 7.49. The van der Waals surface area contributed by atoms with E-state index in [1.165, 1.54) is 32.1 Å². The Kier molecular flexibility index (Phi) is 7.78. The normalized spacial score (nSPS) is 18.8. The molecule has 1 fully saturated rings. The van der Waals surface area contributed by atoms with Crippen molar-refractivity contribution in [1.82, 2.24) is 0 Å². The summed E-state index contributed by atoms with van der Waals surface area (Å²) in [5.41, 5.74) is -0.303. The van der Waals surface area contributed by atoms with Crippen molar-refractivity contribution in [1.29, 1.82) is 0 Å². The van der Waals surface area contributed by atoms with E-state index in [2.05, 4.69) is 11.2 Å². The predicted octanol–water partition coefficient (Wildman–Crippen LogP) is 2.26. The fraction of sp³-hybridized carbons (Fsp3) is 0.929. The van der Waals surface area contributed by atoms with Crippen LogP contribution in [0.2, 0.25) is 0 Å². The van der Waals surface area contributed by atoms with Gasteiger partial charge in [0.1, 0.15) is 5.41 Å². The first kappa shape index (κ1) is 15.9. The molecule has 4 heteroatoms. The standard InChI is InChI=1S/C14H29NO2Si/c1-3-16-14(18,17-4-2)11-8-12-15-13-9-6-5-7-10-13/h12-13H,3-11H2,1-2,18H3. The number of aliphatic imine (C=N–C) groups is 1. The van der Waals surface area contributed by atoms with Gasteiger partial charge in [0.05, 0.1) is 10.2 Å². The van der Waals surface area contributed by atoms with Crippen LogP contribution < -0.4 is 0 Å². The van der Waals surface area contributed by atoms with Crippen LogP contribution in [0, 0.1) is 0 Å². The number of hydrogen-bond donors (Lipinski definition) is 0. The second-order valence-electron chi connectivity index (χ2n) is 5.16. The van der Waals surface area contributed by atoms with Gasteiger partial charge in [-0.25, -0.2) is 0 Å². The van der Waals surface area contributed by atoms with E-state index in [1.54, 1.807) is 0 Å². The summed E-state index contributed by atoms with van der Waals surface area (Å²) >= 11 is 0. The second kappa shape index (κ2) is 8.83. The third-order valence-electron chi connectivity index (χ3n) is 3.52. The van der Waals surface area contributed by atoms with Crippen molar-refractivity contribution in [2.75, 3.05) is 13.2 Å². The Morgan fingerprint density at radius 3 is 2.33 bits per heavy atom. The van der Waals surface area contributed by atoms with Crippen LogP contribution in [-0.2, 0) is 9.47 Å². The van der Waals surface area contributed by atoms with E-state index < -0.39 is 0 Å². The number of hydrogen-bond acceptors (Lipinski definition) is 3. The van der Waals surface area contributed by atoms with Gasteiger partial charge in [-0.2, -0.15) is 0 Å². The zero-order valence-corrected chi connectivity index (χ0v) is 14.3. The minimum atomic E-state index is -0.303. The summed E-state index contributed by atoms with van der Waals surface area (Å²) in [6.07, 6.45) is 10.7. The second-order valence-corrected chi connectivity index (χ2v) is 6.69. The largest absolute Gasteiger partial charge is 0.355 e. The van der Waals surface area contributed by atoms with Crippen LogP contribution in [0.15, 0.2) is 4.99 Å². The molecule has 3 nitrogen and oxygen atoms in total. The molecular weight excluding hydrogens is 242 g/mol. The van der Waals surface area contributed by atoms with Crippen molar-refractivity contribution < 1.29 is 9.47 Å². The van der Waals surface area contributed by atoms with Crippen LogP contribution in [-0.4, -0.2) is 41.1 Å². The number of nitrogens with zero attached hydrogens (tertiary/aromatic N) is 1. The first-order chi connectivity index (χ1) is 8.70. The molecule has 0 amide bonds. The van der Waals surface area contributed by atoms with Crippen LogP contribution in [0.3, 0.4) is 0 Å². The maximum Gasteiger partial charge on any atom is 0.141 e. The molecule has 1 saturated carbocycles. The third-order valence-corrected chi connectivity index (χ3v) is 4.60. The fourth-order valence-corrected chi connectivity index (χ4v) is 3.44. The third kappa shape index (κ3) is 6.11. The molecule has 1 aliphatic carbocycles. The Balaban J connectivity index is 2.26. The Morgan fingerprint density at radius 2 is 1.78 bits per heavy atom. The minimum absolute atomic E-state index is 0.303. The van der Waals surface area contributed by atoms with E-state index in [-0.39, 0.29) is 5.41 Å². The maximum atomic E-state index is 5.74. The highest BCUT2D eigenvalue weighted by molar-refractivity contribution is 6.13. The topological polar surface area (TPSA) is 30.8 Å². The molecule has 0 saturated heterocycles. The highest BCUT2D eigenvalue weighted by atomic mass is 28.1. The number of ether oxygens (including phenoxy) is 2. The van der Waals surface area contributed by atoms with Crippen molar-refractivity contribution in [3.63, 3.8) is 0 Å². The van der Waals surface area contributed by atoms with Crippen molar-refractivity contribution in [3.05, 3.63) is 0 Å². The van der Waals surface area contributed by atoms with E-state index in [4.69, 9.17) is 9.47 Å². The molecule has 0 heterocycles. The molecule has 18 heavy (non-hydrogen) atoms. The summed E-state index contributed by atoms with van der Waals surface area (Å²) in [6, 6.07) is 0.585. The molecule has 0 N–H and O–H groups in total. The summed E-state index contributed by atoms with van der Waals surface area (Å²) in [5.74, 6) is 0. The van der Waals surface area contributed by atoms with E-state index in [9.17, 15) is 0 Å². The van der Waals surface area contributed by atoms with Gasteiger partial charge in [-0.15, -0.1) is 0 Å². The quantitative estimate of drug-likeness (QED) is 0.385. The lowest BCUT2D eigenvalue weighted by Crippen LogP contribution is -2.36. The first-order valence-corrected chi connectivity index (χ1v) is 8.49. The minimum Gasteiger partial charge on any atom is -0.355 e. The van der Waals surface area contributed by atoms with Gasteiger partial charge >= 0.3 is 0 Å². The van der Waals surface area contributed by atoms with E-state index in [0.717, 1.165) is 36.3 Å². The molecule has 0 radical (unpaired) electrons. The summed E-state index contributed by atoms with van der Waals surface area (Å²) in [5, 5.41) is 0. The lowest BCUT2D eigenvalue weighted by atomic mass is 9.96. The maximum absolute atomic E-state index is 5.74. The van der Waals surface area contributed by atoms with Crippen molar-refractivity contribution >= 4 is 16.5 Å². The summed E-state index contributed by atoms with van der Waals surface area (Å²) in [6.45, 7) is 5.51. The summed E-state index contributed by atoms with van der Waals surface area (Å²) in [7, 11) is 0.908. The molecule has 0 aromatic rings. The van der Waals surface area contributed by atoms with Gasteiger partial charge in [0, 0.05) is 25.7 Å². The van der Waals surface area contributed by atoms with Crippen LogP contribution in [0.4, 0.5) is 0 Å². The van der Waals surface area contributed by atoms with Gasteiger partial charge in [0.15, 0.2) is 0 Å². The van der Waals surface area contributed by atoms with Gasteiger partial charge in [-0.05, 0) is 39.3 Å². The molecule has 106 valence electrons. The molecular formula is C14H29NO2Si. The van der Waals surface area contributed by atoms with Crippen LogP contribution in [0.1, 0.15) is 58.8 Å². The Labute approximate surface area is 115 Å². The van der Waals surface area contributed by atoms with Crippen LogP contribution in [0.25, 0.3) is 0 Å². The van der Waals surface area contributed by atoms with Gasteiger partial charge in [0.25, 0.3) is 0 Å². The van der Waals surface area contributed by atoms with Crippen LogP contribution in [0.5, 0.6) is 0 Å². The van der Waals surface area contributed by atoms with Gasteiger partial charge in [-0.1, -0.05) is 19.3 Å². The molecule has 0 aromatic heterocycles. The molecule has 0 unspecified atom stereocenters. The predicted molar refractivity (Wildman–Crippen MR) is 80.5 cm³/mol. The average molecular weight is 271 g/mol. The van der Waals surface area contributed by atoms with Crippen molar-refractivity contribution in [2.45, 2.75) is 70.2 Å². The molecule has 0 bridgehead atoms. The lowest BCUT2D eigenvalue weighted by Gasteiger charge is -2.29. The van der Waals surface area contributed by atoms with E-state index >= 15 is 0 Å². The molecule has 0 spiro atoms. The molecule has 0 aliphatic heterocycles. The highest BCUT2D eigenvalue weighted by Crippen LogP contribution is 2.20. The Hall–Kier alpha value is -0.193. The summed E-state index contributed by atoms with van der Waals surface area (Å²) in [4.78, 5) is 4.69. The molecule has 1 rings (SSSR count). The average Bonchev–Trinajstić information content (AvgIpc) is 2.37. The smallest absolute Gasteiger partial charge is 0.141 e.